The van der Waals surface area contributed by atoms with Crippen LogP contribution >= 0.6 is 0 Å². The molecule has 0 unspecified atom stereocenters. The van der Waals surface area contributed by atoms with Crippen LogP contribution in [-0.2, 0) is 18.3 Å². The molecule has 72 valence electrons. The Morgan fingerprint density at radius 1 is 1.43 bits per heavy atom. The molecule has 0 aliphatic heterocycles. The van der Waals surface area contributed by atoms with Gasteiger partial charge in [-0.3, -0.25) is 4.79 Å². The zero-order chi connectivity index (χ0) is 10.1. The average molecular weight is 188 g/mol. The second-order valence-corrected chi connectivity index (χ2v) is 3.40. The third-order valence-corrected chi connectivity index (χ3v) is 2.41. The van der Waals surface area contributed by atoms with E-state index < -0.39 is 0 Å². The van der Waals surface area contributed by atoms with E-state index in [4.69, 9.17) is 5.73 Å². The number of hydrogen-bond acceptors (Lipinski definition) is 1. The first kappa shape index (κ1) is 8.81. The summed E-state index contributed by atoms with van der Waals surface area (Å²) in [6.45, 7) is 0. The Morgan fingerprint density at radius 2 is 2.14 bits per heavy atom. The van der Waals surface area contributed by atoms with E-state index in [1.807, 2.05) is 41.9 Å². The van der Waals surface area contributed by atoms with Crippen LogP contribution < -0.4 is 5.73 Å². The third kappa shape index (κ3) is 1.37. The minimum absolute atomic E-state index is 0.295. The smallest absolute Gasteiger partial charge is 0.223 e. The summed E-state index contributed by atoms with van der Waals surface area (Å²) in [7, 11) is 1.95. The monoisotopic (exact) mass is 188 g/mol. The number of amides is 1. The van der Waals surface area contributed by atoms with Crippen molar-refractivity contribution in [3.05, 3.63) is 36.0 Å². The molecule has 14 heavy (non-hydrogen) atoms. The zero-order valence-corrected chi connectivity index (χ0v) is 8.03. The number of rotatable bonds is 2. The molecule has 2 rings (SSSR count). The number of fused-ring (bicyclic) bond motifs is 1. The van der Waals surface area contributed by atoms with Gasteiger partial charge in [0.2, 0.25) is 5.91 Å². The predicted octanol–water partition coefficient (Wildman–Crippen LogP) is 1.21. The quantitative estimate of drug-likeness (QED) is 0.756. The summed E-state index contributed by atoms with van der Waals surface area (Å²) in [5.41, 5.74) is 7.25. The maximum absolute atomic E-state index is 10.8. The molecule has 0 fully saturated rings. The van der Waals surface area contributed by atoms with Crippen molar-refractivity contribution in [2.45, 2.75) is 6.42 Å². The average Bonchev–Trinajstić information content (AvgIpc) is 2.44. The molecule has 1 heterocycles. The molecule has 0 atom stereocenters. The molecule has 2 aromatic rings. The van der Waals surface area contributed by atoms with E-state index in [-0.39, 0.29) is 5.91 Å². The van der Waals surface area contributed by atoms with Gasteiger partial charge in [0.1, 0.15) is 0 Å². The van der Waals surface area contributed by atoms with Crippen molar-refractivity contribution in [3.63, 3.8) is 0 Å². The number of nitrogens with two attached hydrogens (primary N) is 1. The minimum Gasteiger partial charge on any atom is -0.369 e. The van der Waals surface area contributed by atoms with E-state index in [0.29, 0.717) is 6.42 Å². The van der Waals surface area contributed by atoms with Crippen LogP contribution in [0.15, 0.2) is 30.3 Å². The number of para-hydroxylation sites is 1. The van der Waals surface area contributed by atoms with Crippen molar-refractivity contribution >= 4 is 16.8 Å². The van der Waals surface area contributed by atoms with Gasteiger partial charge in [-0.15, -0.1) is 0 Å². The summed E-state index contributed by atoms with van der Waals surface area (Å²) in [6.07, 6.45) is 0.297. The highest BCUT2D eigenvalue weighted by Crippen LogP contribution is 2.18. The summed E-state index contributed by atoms with van der Waals surface area (Å²) < 4.78 is 2.00. The van der Waals surface area contributed by atoms with Gasteiger partial charge in [0, 0.05) is 18.3 Å². The van der Waals surface area contributed by atoms with Crippen molar-refractivity contribution in [2.24, 2.45) is 12.8 Å². The molecule has 1 amide bonds. The van der Waals surface area contributed by atoms with E-state index >= 15 is 0 Å². The lowest BCUT2D eigenvalue weighted by atomic mass is 10.2. The topological polar surface area (TPSA) is 48.0 Å². The van der Waals surface area contributed by atoms with Crippen LogP contribution in [0, 0.1) is 0 Å². The van der Waals surface area contributed by atoms with Gasteiger partial charge in [-0.2, -0.15) is 0 Å². The fourth-order valence-corrected chi connectivity index (χ4v) is 1.69. The molecule has 1 aromatic heterocycles. The molecule has 2 N–H and O–H groups in total. The Balaban J connectivity index is 2.57. The molecule has 0 spiro atoms. The molecular weight excluding hydrogens is 176 g/mol. The Labute approximate surface area is 82.1 Å². The zero-order valence-electron chi connectivity index (χ0n) is 8.03. The summed E-state index contributed by atoms with van der Waals surface area (Å²) in [4.78, 5) is 10.8. The molecule has 0 saturated carbocycles. The van der Waals surface area contributed by atoms with Gasteiger partial charge in [0.15, 0.2) is 0 Å². The molecule has 0 bridgehead atoms. The number of carbonyl (C=O) groups excluding carboxylic acids is 1. The largest absolute Gasteiger partial charge is 0.369 e. The van der Waals surface area contributed by atoms with Crippen LogP contribution in [0.5, 0.6) is 0 Å². The summed E-state index contributed by atoms with van der Waals surface area (Å²) in [5.74, 6) is -0.295. The lowest BCUT2D eigenvalue weighted by Gasteiger charge is -2.00. The van der Waals surface area contributed by atoms with E-state index in [2.05, 4.69) is 0 Å². The van der Waals surface area contributed by atoms with Crippen molar-refractivity contribution < 1.29 is 4.79 Å². The van der Waals surface area contributed by atoms with Gasteiger partial charge < -0.3 is 10.3 Å². The number of nitrogens with zero attached hydrogens (tertiary/aromatic N) is 1. The highest BCUT2D eigenvalue weighted by Gasteiger charge is 2.06. The molecule has 0 aliphatic rings. The van der Waals surface area contributed by atoms with Crippen molar-refractivity contribution in [3.8, 4) is 0 Å². The second kappa shape index (κ2) is 3.18. The van der Waals surface area contributed by atoms with Crippen LogP contribution in [0.1, 0.15) is 5.69 Å². The number of carbonyl (C=O) groups is 1. The standard InChI is InChI=1S/C11H12N2O/c1-13-9(7-11(12)14)6-8-4-2-3-5-10(8)13/h2-6H,7H2,1H3,(H2,12,14). The van der Waals surface area contributed by atoms with E-state index in [9.17, 15) is 4.79 Å². The van der Waals surface area contributed by atoms with Gasteiger partial charge in [0.05, 0.1) is 6.42 Å². The molecule has 3 nitrogen and oxygen atoms in total. The van der Waals surface area contributed by atoms with Gasteiger partial charge >= 0.3 is 0 Å². The Kier molecular flexibility index (Phi) is 2.00. The highest BCUT2D eigenvalue weighted by molar-refractivity contribution is 5.84. The first-order valence-electron chi connectivity index (χ1n) is 4.50. The van der Waals surface area contributed by atoms with Gasteiger partial charge in [-0.1, -0.05) is 18.2 Å². The molecular formula is C11H12N2O. The third-order valence-electron chi connectivity index (χ3n) is 2.41. The summed E-state index contributed by atoms with van der Waals surface area (Å²) in [6, 6.07) is 10.0. The SMILES string of the molecule is Cn1c(CC(N)=O)cc2ccccc21. The van der Waals surface area contributed by atoms with Crippen molar-refractivity contribution in [1.82, 2.24) is 4.57 Å². The normalized spacial score (nSPS) is 10.6. The Morgan fingerprint density at radius 3 is 2.79 bits per heavy atom. The number of benzene rings is 1. The van der Waals surface area contributed by atoms with Crippen LogP contribution in [0.25, 0.3) is 10.9 Å². The first-order valence-corrected chi connectivity index (χ1v) is 4.50. The van der Waals surface area contributed by atoms with Crippen molar-refractivity contribution in [2.75, 3.05) is 0 Å². The maximum atomic E-state index is 10.8. The molecule has 3 heteroatoms. The van der Waals surface area contributed by atoms with E-state index in [0.717, 1.165) is 16.6 Å². The number of primary amides is 1. The summed E-state index contributed by atoms with van der Waals surface area (Å²) in [5, 5.41) is 1.14. The van der Waals surface area contributed by atoms with Crippen molar-refractivity contribution in [1.29, 1.82) is 0 Å². The van der Waals surface area contributed by atoms with E-state index in [1.54, 1.807) is 0 Å². The summed E-state index contributed by atoms with van der Waals surface area (Å²) >= 11 is 0. The van der Waals surface area contributed by atoms with Crippen LogP contribution in [-0.4, -0.2) is 10.5 Å². The lowest BCUT2D eigenvalue weighted by Crippen LogP contribution is -2.15. The lowest BCUT2D eigenvalue weighted by molar-refractivity contribution is -0.117. The second-order valence-electron chi connectivity index (χ2n) is 3.40. The van der Waals surface area contributed by atoms with E-state index in [1.165, 1.54) is 0 Å². The molecule has 0 radical (unpaired) electrons. The number of aryl methyl sites for hydroxylation is 1. The fourth-order valence-electron chi connectivity index (χ4n) is 1.69. The maximum Gasteiger partial charge on any atom is 0.223 e. The predicted molar refractivity (Wildman–Crippen MR) is 55.8 cm³/mol. The van der Waals surface area contributed by atoms with Crippen LogP contribution in [0.2, 0.25) is 0 Å². The van der Waals surface area contributed by atoms with Crippen LogP contribution in [0.3, 0.4) is 0 Å². The van der Waals surface area contributed by atoms with Gasteiger partial charge in [0.25, 0.3) is 0 Å². The minimum atomic E-state index is -0.295. The Bertz CT molecular complexity index is 485. The molecule has 1 aromatic carbocycles. The first-order chi connectivity index (χ1) is 6.68. The van der Waals surface area contributed by atoms with Gasteiger partial charge in [-0.25, -0.2) is 0 Å². The van der Waals surface area contributed by atoms with Gasteiger partial charge in [-0.05, 0) is 17.5 Å². The number of aromatic nitrogens is 1. The molecule has 0 aliphatic carbocycles. The number of hydrogen-bond donors (Lipinski definition) is 1. The highest BCUT2D eigenvalue weighted by atomic mass is 16.1. The molecule has 0 saturated heterocycles. The van der Waals surface area contributed by atoms with Crippen LogP contribution in [0.4, 0.5) is 0 Å². The fraction of sp³-hybridized carbons (Fsp3) is 0.182. The Hall–Kier alpha value is -1.77.